The van der Waals surface area contributed by atoms with E-state index < -0.39 is 5.54 Å². The Labute approximate surface area is 196 Å². The van der Waals surface area contributed by atoms with E-state index in [4.69, 9.17) is 4.74 Å². The quantitative estimate of drug-likeness (QED) is 0.320. The predicted octanol–water partition coefficient (Wildman–Crippen LogP) is 5.53. The van der Waals surface area contributed by atoms with Crippen molar-refractivity contribution >= 4 is 0 Å². The normalized spacial score (nSPS) is 13.4. The Morgan fingerprint density at radius 1 is 0.667 bits per heavy atom. The number of ether oxygens (including phenoxy) is 1. The molecule has 4 rings (SSSR count). The van der Waals surface area contributed by atoms with Gasteiger partial charge in [-0.05, 0) is 29.2 Å². The summed E-state index contributed by atoms with van der Waals surface area (Å²) < 4.78 is 6.21. The lowest BCUT2D eigenvalue weighted by Gasteiger charge is -2.41. The van der Waals surface area contributed by atoms with E-state index in [-0.39, 0.29) is 18.8 Å². The van der Waals surface area contributed by atoms with Gasteiger partial charge in [0.1, 0.15) is 0 Å². The molecule has 2 atom stereocenters. The number of aliphatic hydroxyl groups excluding tert-OH is 1. The minimum absolute atomic E-state index is 0.0514. The van der Waals surface area contributed by atoms with Gasteiger partial charge in [-0.15, -0.1) is 0 Å². The zero-order valence-corrected chi connectivity index (χ0v) is 19.0. The molecule has 0 saturated heterocycles. The van der Waals surface area contributed by atoms with Crippen LogP contribution in [-0.4, -0.2) is 23.9 Å². The third-order valence-corrected chi connectivity index (χ3v) is 6.14. The van der Waals surface area contributed by atoms with E-state index in [0.717, 1.165) is 22.3 Å². The van der Waals surface area contributed by atoms with E-state index in [2.05, 4.69) is 90.2 Å². The largest absolute Gasteiger partial charge is 0.395 e. The third kappa shape index (κ3) is 5.23. The van der Waals surface area contributed by atoms with E-state index >= 15 is 0 Å². The Kier molecular flexibility index (Phi) is 7.69. The standard InChI is InChI=1S/C30H31NO2/c1-24(33-23-25-14-6-2-7-15-25)29(22-32)31-30(26-16-8-3-9-17-26,27-18-10-4-11-19-27)28-20-12-5-13-21-28/h2-21,24,29,31-32H,22-23H2,1H3/t24-,29-/m1/s1. The van der Waals surface area contributed by atoms with Crippen LogP contribution in [0.15, 0.2) is 121 Å². The molecule has 0 aliphatic carbocycles. The van der Waals surface area contributed by atoms with Gasteiger partial charge in [0, 0.05) is 0 Å². The highest BCUT2D eigenvalue weighted by molar-refractivity contribution is 5.49. The van der Waals surface area contributed by atoms with Crippen molar-refractivity contribution in [3.63, 3.8) is 0 Å². The monoisotopic (exact) mass is 437 g/mol. The lowest BCUT2D eigenvalue weighted by molar-refractivity contribution is 0.00610. The van der Waals surface area contributed by atoms with Gasteiger partial charge in [0.15, 0.2) is 0 Å². The molecule has 0 aromatic heterocycles. The van der Waals surface area contributed by atoms with Crippen molar-refractivity contribution in [3.05, 3.63) is 144 Å². The van der Waals surface area contributed by atoms with Crippen molar-refractivity contribution < 1.29 is 9.84 Å². The Bertz CT molecular complexity index is 989. The summed E-state index contributed by atoms with van der Waals surface area (Å²) >= 11 is 0. The minimum atomic E-state index is -0.651. The summed E-state index contributed by atoms with van der Waals surface area (Å²) in [4.78, 5) is 0. The molecule has 0 spiro atoms. The van der Waals surface area contributed by atoms with Crippen molar-refractivity contribution in [2.75, 3.05) is 6.61 Å². The van der Waals surface area contributed by atoms with Gasteiger partial charge < -0.3 is 9.84 Å². The van der Waals surface area contributed by atoms with Crippen LogP contribution in [0.4, 0.5) is 0 Å². The molecular weight excluding hydrogens is 406 g/mol. The predicted molar refractivity (Wildman–Crippen MR) is 134 cm³/mol. The van der Waals surface area contributed by atoms with E-state index in [1.807, 2.05) is 43.3 Å². The van der Waals surface area contributed by atoms with Crippen molar-refractivity contribution in [2.24, 2.45) is 0 Å². The Balaban J connectivity index is 1.74. The van der Waals surface area contributed by atoms with E-state index in [1.54, 1.807) is 0 Å². The fourth-order valence-electron chi connectivity index (χ4n) is 4.32. The molecule has 0 heterocycles. The van der Waals surface area contributed by atoms with Gasteiger partial charge in [-0.3, -0.25) is 5.32 Å². The summed E-state index contributed by atoms with van der Waals surface area (Å²) in [5, 5.41) is 14.3. The number of aliphatic hydroxyl groups is 1. The number of hydrogen-bond donors (Lipinski definition) is 2. The van der Waals surface area contributed by atoms with Crippen LogP contribution in [0.1, 0.15) is 29.2 Å². The maximum Gasteiger partial charge on any atom is 0.0951 e. The van der Waals surface area contributed by atoms with Gasteiger partial charge >= 0.3 is 0 Å². The third-order valence-electron chi connectivity index (χ3n) is 6.14. The molecule has 0 unspecified atom stereocenters. The molecule has 3 nitrogen and oxygen atoms in total. The molecule has 4 aromatic carbocycles. The van der Waals surface area contributed by atoms with E-state index in [9.17, 15) is 5.11 Å². The number of hydrogen-bond acceptors (Lipinski definition) is 3. The van der Waals surface area contributed by atoms with Crippen LogP contribution in [0.5, 0.6) is 0 Å². The van der Waals surface area contributed by atoms with Crippen LogP contribution >= 0.6 is 0 Å². The number of benzene rings is 4. The Morgan fingerprint density at radius 3 is 1.45 bits per heavy atom. The van der Waals surface area contributed by atoms with Crippen LogP contribution in [0, 0.1) is 0 Å². The zero-order valence-electron chi connectivity index (χ0n) is 19.0. The summed E-state index contributed by atoms with van der Waals surface area (Å²) in [5.74, 6) is 0. The molecule has 0 aliphatic rings. The molecule has 33 heavy (non-hydrogen) atoms. The maximum absolute atomic E-state index is 10.5. The molecule has 2 N–H and O–H groups in total. The van der Waals surface area contributed by atoms with Crippen molar-refractivity contribution in [3.8, 4) is 0 Å². The highest BCUT2D eigenvalue weighted by Crippen LogP contribution is 2.37. The van der Waals surface area contributed by atoms with Crippen molar-refractivity contribution in [1.82, 2.24) is 5.32 Å². The van der Waals surface area contributed by atoms with Crippen molar-refractivity contribution in [2.45, 2.75) is 31.2 Å². The van der Waals surface area contributed by atoms with Gasteiger partial charge in [0.05, 0.1) is 30.9 Å². The molecule has 0 fully saturated rings. The molecule has 4 aromatic rings. The summed E-state index contributed by atoms with van der Waals surface area (Å²) in [7, 11) is 0. The molecule has 3 heteroatoms. The van der Waals surface area contributed by atoms with Gasteiger partial charge in [0.2, 0.25) is 0 Å². The van der Waals surface area contributed by atoms with Crippen LogP contribution in [0.3, 0.4) is 0 Å². The summed E-state index contributed by atoms with van der Waals surface area (Å²) in [6.07, 6.45) is -0.217. The first-order valence-corrected chi connectivity index (χ1v) is 11.4. The fourth-order valence-corrected chi connectivity index (χ4v) is 4.32. The highest BCUT2D eigenvalue weighted by Gasteiger charge is 2.39. The Hall–Kier alpha value is -3.24. The lowest BCUT2D eigenvalue weighted by Crippen LogP contribution is -2.55. The zero-order chi connectivity index (χ0) is 22.9. The van der Waals surface area contributed by atoms with Crippen LogP contribution < -0.4 is 5.32 Å². The van der Waals surface area contributed by atoms with E-state index in [0.29, 0.717) is 6.61 Å². The maximum atomic E-state index is 10.5. The summed E-state index contributed by atoms with van der Waals surface area (Å²) in [6, 6.07) is 41.1. The SMILES string of the molecule is C[C@@H](OCc1ccccc1)[C@@H](CO)NC(c1ccccc1)(c1ccccc1)c1ccccc1. The molecule has 0 aliphatic heterocycles. The first kappa shape index (κ1) is 22.9. The molecule has 0 bridgehead atoms. The van der Waals surface area contributed by atoms with Gasteiger partial charge in [-0.25, -0.2) is 0 Å². The topological polar surface area (TPSA) is 41.5 Å². The fraction of sp³-hybridized carbons (Fsp3) is 0.200. The molecule has 168 valence electrons. The summed E-state index contributed by atoms with van der Waals surface area (Å²) in [5.41, 5.74) is 3.78. The van der Waals surface area contributed by atoms with Crippen LogP contribution in [0.2, 0.25) is 0 Å². The van der Waals surface area contributed by atoms with Crippen LogP contribution in [-0.2, 0) is 16.9 Å². The minimum Gasteiger partial charge on any atom is -0.395 e. The van der Waals surface area contributed by atoms with Crippen LogP contribution in [0.25, 0.3) is 0 Å². The van der Waals surface area contributed by atoms with Gasteiger partial charge in [-0.2, -0.15) is 0 Å². The lowest BCUT2D eigenvalue weighted by atomic mass is 9.76. The second-order valence-electron chi connectivity index (χ2n) is 8.28. The first-order chi connectivity index (χ1) is 16.2. The van der Waals surface area contributed by atoms with Gasteiger partial charge in [0.25, 0.3) is 0 Å². The number of rotatable bonds is 10. The molecule has 0 saturated carbocycles. The smallest absolute Gasteiger partial charge is 0.0951 e. The first-order valence-electron chi connectivity index (χ1n) is 11.4. The Morgan fingerprint density at radius 2 is 1.06 bits per heavy atom. The van der Waals surface area contributed by atoms with E-state index in [1.165, 1.54) is 0 Å². The molecule has 0 radical (unpaired) electrons. The summed E-state index contributed by atoms with van der Waals surface area (Å²) in [6.45, 7) is 2.46. The van der Waals surface area contributed by atoms with Gasteiger partial charge in [-0.1, -0.05) is 121 Å². The molecular formula is C30H31NO2. The molecule has 0 amide bonds. The number of nitrogens with one attached hydrogen (secondary N) is 1. The average molecular weight is 438 g/mol. The second kappa shape index (κ2) is 11.1. The highest BCUT2D eigenvalue weighted by atomic mass is 16.5. The average Bonchev–Trinajstić information content (AvgIpc) is 2.90. The second-order valence-corrected chi connectivity index (χ2v) is 8.28. The van der Waals surface area contributed by atoms with Crippen molar-refractivity contribution in [1.29, 1.82) is 0 Å².